The van der Waals surface area contributed by atoms with Gasteiger partial charge in [-0.2, -0.15) is 0 Å². The second kappa shape index (κ2) is 20.5. The summed E-state index contributed by atoms with van der Waals surface area (Å²) in [4.78, 5) is 12.8. The van der Waals surface area contributed by atoms with Gasteiger partial charge in [-0.25, -0.2) is 0 Å². The lowest BCUT2D eigenvalue weighted by atomic mass is 10.0. The summed E-state index contributed by atoms with van der Waals surface area (Å²) >= 11 is 0. The van der Waals surface area contributed by atoms with E-state index in [1.54, 1.807) is 0 Å². The number of benzene rings is 2. The molecule has 0 aromatic heterocycles. The predicted molar refractivity (Wildman–Crippen MR) is 173 cm³/mol. The topological polar surface area (TPSA) is 35.5 Å². The van der Waals surface area contributed by atoms with Crippen LogP contribution in [0.15, 0.2) is 54.6 Å². The highest BCUT2D eigenvalue weighted by atomic mass is 16.7. The van der Waals surface area contributed by atoms with Crippen molar-refractivity contribution in [3.05, 3.63) is 65.7 Å². The second-order valence-electron chi connectivity index (χ2n) is 12.7. The van der Waals surface area contributed by atoms with E-state index in [1.807, 2.05) is 32.0 Å². The van der Waals surface area contributed by atoms with Crippen LogP contribution in [0, 0.1) is 5.92 Å². The van der Waals surface area contributed by atoms with E-state index in [0.717, 1.165) is 36.2 Å². The number of unbranched alkanes of at least 4 members (excludes halogenated alkanes) is 11. The number of hydrogen-bond acceptors (Lipinski definition) is 3. The van der Waals surface area contributed by atoms with Crippen molar-refractivity contribution < 1.29 is 18.8 Å². The Labute approximate surface area is 252 Å². The molecule has 0 bridgehead atoms. The number of carbonyl (C=O) groups excluding carboxylic acids is 1. The number of ether oxygens (including phenoxy) is 2. The zero-order valence-corrected chi connectivity index (χ0v) is 27.0. The maximum atomic E-state index is 12.8. The minimum Gasteiger partial charge on any atom is -0.455 e. The lowest BCUT2D eigenvalue weighted by Crippen LogP contribution is -2.41. The van der Waals surface area contributed by atoms with Crippen LogP contribution in [0.25, 0.3) is 0 Å². The van der Waals surface area contributed by atoms with Crippen LogP contribution in [0.5, 0.6) is 5.75 Å². The lowest BCUT2D eigenvalue weighted by Gasteiger charge is -2.31. The molecule has 0 aliphatic rings. The Morgan fingerprint density at radius 2 is 1.29 bits per heavy atom. The van der Waals surface area contributed by atoms with Gasteiger partial charge in [0, 0.05) is 18.4 Å². The molecular formula is C37H60NO3+. The smallest absolute Gasteiger partial charge is 0.311 e. The molecule has 4 nitrogen and oxygen atoms in total. The van der Waals surface area contributed by atoms with Crippen LogP contribution in [0.4, 0.5) is 0 Å². The summed E-state index contributed by atoms with van der Waals surface area (Å²) in [5, 5.41) is 0. The van der Waals surface area contributed by atoms with Gasteiger partial charge in [0.25, 0.3) is 0 Å². The Balaban J connectivity index is 1.61. The third kappa shape index (κ3) is 16.0. The first-order valence-electron chi connectivity index (χ1n) is 16.6. The molecule has 2 rings (SSSR count). The van der Waals surface area contributed by atoms with E-state index in [9.17, 15) is 4.79 Å². The van der Waals surface area contributed by atoms with Gasteiger partial charge in [0.05, 0.1) is 26.6 Å². The lowest BCUT2D eigenvalue weighted by molar-refractivity contribution is -0.904. The molecule has 0 aliphatic heterocycles. The zero-order chi connectivity index (χ0) is 29.8. The fraction of sp³-hybridized carbons (Fsp3) is 0.649. The van der Waals surface area contributed by atoms with Crippen LogP contribution in [-0.2, 0) is 22.5 Å². The van der Waals surface area contributed by atoms with Gasteiger partial charge in [-0.15, -0.1) is 0 Å². The third-order valence-corrected chi connectivity index (χ3v) is 8.11. The van der Waals surface area contributed by atoms with Gasteiger partial charge in [0.2, 0.25) is 6.29 Å². The van der Waals surface area contributed by atoms with E-state index in [1.165, 1.54) is 88.2 Å². The summed E-state index contributed by atoms with van der Waals surface area (Å²) in [6.45, 7) is 8.08. The molecule has 0 saturated carbocycles. The van der Waals surface area contributed by atoms with Crippen molar-refractivity contribution in [3.8, 4) is 5.75 Å². The van der Waals surface area contributed by atoms with E-state index in [4.69, 9.17) is 9.47 Å². The average Bonchev–Trinajstić information content (AvgIpc) is 2.97. The third-order valence-electron chi connectivity index (χ3n) is 8.11. The molecule has 0 amide bonds. The SMILES string of the molecule is CCCCCCCCCCCCCCc1ccc(OC(CC)OC(=O)C(C)CC[N+](C)(C)Cc2ccccc2)cc1. The minimum absolute atomic E-state index is 0.168. The second-order valence-corrected chi connectivity index (χ2v) is 12.7. The van der Waals surface area contributed by atoms with E-state index < -0.39 is 6.29 Å². The largest absolute Gasteiger partial charge is 0.455 e. The molecule has 0 saturated heterocycles. The van der Waals surface area contributed by atoms with Crippen molar-refractivity contribution in [1.29, 1.82) is 0 Å². The first kappa shape index (κ1) is 34.9. The van der Waals surface area contributed by atoms with E-state index in [-0.39, 0.29) is 11.9 Å². The number of carbonyl (C=O) groups is 1. The van der Waals surface area contributed by atoms with Gasteiger partial charge in [-0.1, -0.05) is 134 Å². The van der Waals surface area contributed by atoms with E-state index in [0.29, 0.717) is 6.42 Å². The molecule has 2 aromatic carbocycles. The molecule has 0 radical (unpaired) electrons. The number of hydrogen-bond donors (Lipinski definition) is 0. The van der Waals surface area contributed by atoms with Gasteiger partial charge in [0.15, 0.2) is 0 Å². The van der Waals surface area contributed by atoms with Crippen LogP contribution in [0.1, 0.15) is 122 Å². The summed E-state index contributed by atoms with van der Waals surface area (Å²) in [6, 6.07) is 18.8. The molecule has 2 atom stereocenters. The Bertz CT molecular complexity index is 925. The minimum atomic E-state index is -0.557. The monoisotopic (exact) mass is 566 g/mol. The fourth-order valence-electron chi connectivity index (χ4n) is 5.31. The van der Waals surface area contributed by atoms with Gasteiger partial charge in [-0.05, 0) is 30.5 Å². The number of nitrogens with zero attached hydrogens (tertiary/aromatic N) is 1. The van der Waals surface area contributed by atoms with Crippen molar-refractivity contribution in [2.75, 3.05) is 20.6 Å². The van der Waals surface area contributed by atoms with Gasteiger partial charge in [-0.3, -0.25) is 4.79 Å². The van der Waals surface area contributed by atoms with E-state index >= 15 is 0 Å². The maximum absolute atomic E-state index is 12.8. The van der Waals surface area contributed by atoms with Crippen LogP contribution >= 0.6 is 0 Å². The number of quaternary nitrogens is 1. The standard InChI is InChI=1S/C37H60NO3/c1-6-8-9-10-11-12-13-14-15-16-17-19-22-33-25-27-35(28-26-33)40-36(7-2)41-37(39)32(3)29-30-38(4,5)31-34-23-20-18-21-24-34/h18,20-21,23-28,32,36H,6-17,19,22,29-31H2,1-5H3/q+1. The van der Waals surface area contributed by atoms with Crippen LogP contribution in [0.2, 0.25) is 0 Å². The number of esters is 1. The molecule has 2 aromatic rings. The molecule has 0 spiro atoms. The molecule has 0 fully saturated rings. The first-order valence-corrected chi connectivity index (χ1v) is 16.6. The highest BCUT2D eigenvalue weighted by Gasteiger charge is 2.24. The molecular weight excluding hydrogens is 506 g/mol. The summed E-state index contributed by atoms with van der Waals surface area (Å²) in [6.07, 6.45) is 18.5. The van der Waals surface area contributed by atoms with Crippen molar-refractivity contribution >= 4 is 5.97 Å². The predicted octanol–water partition coefficient (Wildman–Crippen LogP) is 9.89. The van der Waals surface area contributed by atoms with Crippen LogP contribution in [0.3, 0.4) is 0 Å². The summed E-state index contributed by atoms with van der Waals surface area (Å²) in [5.74, 6) is 0.412. The van der Waals surface area contributed by atoms with Gasteiger partial charge in [0.1, 0.15) is 12.3 Å². The maximum Gasteiger partial charge on any atom is 0.311 e. The molecule has 0 N–H and O–H groups in total. The quantitative estimate of drug-likeness (QED) is 0.0581. The highest BCUT2D eigenvalue weighted by molar-refractivity contribution is 5.72. The van der Waals surface area contributed by atoms with Crippen LogP contribution in [-0.4, -0.2) is 37.4 Å². The average molecular weight is 567 g/mol. The molecule has 0 aliphatic carbocycles. The molecule has 0 heterocycles. The highest BCUT2D eigenvalue weighted by Crippen LogP contribution is 2.20. The Morgan fingerprint density at radius 3 is 1.85 bits per heavy atom. The summed E-state index contributed by atoms with van der Waals surface area (Å²) < 4.78 is 12.6. The first-order chi connectivity index (χ1) is 19.8. The van der Waals surface area contributed by atoms with E-state index in [2.05, 4.69) is 57.4 Å². The van der Waals surface area contributed by atoms with Gasteiger partial charge >= 0.3 is 5.97 Å². The Kier molecular flexibility index (Phi) is 17.5. The van der Waals surface area contributed by atoms with Crippen molar-refractivity contribution in [2.45, 2.75) is 130 Å². The number of rotatable bonds is 23. The van der Waals surface area contributed by atoms with Crippen molar-refractivity contribution in [2.24, 2.45) is 5.92 Å². The number of aryl methyl sites for hydroxylation is 1. The Morgan fingerprint density at radius 1 is 0.732 bits per heavy atom. The molecule has 230 valence electrons. The van der Waals surface area contributed by atoms with Gasteiger partial charge < -0.3 is 14.0 Å². The summed E-state index contributed by atoms with van der Waals surface area (Å²) in [7, 11) is 4.43. The normalized spacial score (nSPS) is 13.1. The fourth-order valence-corrected chi connectivity index (χ4v) is 5.31. The van der Waals surface area contributed by atoms with Crippen LogP contribution < -0.4 is 4.74 Å². The molecule has 2 unspecified atom stereocenters. The zero-order valence-electron chi connectivity index (χ0n) is 27.0. The van der Waals surface area contributed by atoms with Crippen molar-refractivity contribution in [1.82, 2.24) is 0 Å². The summed E-state index contributed by atoms with van der Waals surface area (Å²) in [5.41, 5.74) is 2.66. The molecule has 41 heavy (non-hydrogen) atoms. The van der Waals surface area contributed by atoms with Crippen molar-refractivity contribution in [3.63, 3.8) is 0 Å². The Hall–Kier alpha value is -2.33. The molecule has 4 heteroatoms.